The Kier molecular flexibility index (Phi) is 6.35. The minimum atomic E-state index is -0.582. The van der Waals surface area contributed by atoms with E-state index < -0.39 is 5.82 Å². The molecule has 0 unspecified atom stereocenters. The van der Waals surface area contributed by atoms with Gasteiger partial charge in [-0.25, -0.2) is 4.39 Å². The highest BCUT2D eigenvalue weighted by Crippen LogP contribution is 2.21. The summed E-state index contributed by atoms with van der Waals surface area (Å²) < 4.78 is 13.9. The predicted octanol–water partition coefficient (Wildman–Crippen LogP) is 2.11. The minimum Gasteiger partial charge on any atom is -0.339 e. The highest BCUT2D eigenvalue weighted by atomic mass is 35.5. The van der Waals surface area contributed by atoms with Crippen molar-refractivity contribution in [3.8, 4) is 12.3 Å². The maximum absolute atomic E-state index is 13.9. The van der Waals surface area contributed by atoms with Crippen LogP contribution in [0.2, 0.25) is 5.02 Å². The van der Waals surface area contributed by atoms with Crippen molar-refractivity contribution in [3.05, 3.63) is 34.6 Å². The van der Waals surface area contributed by atoms with Gasteiger partial charge in [-0.1, -0.05) is 17.5 Å². The number of terminal acetylenes is 1. The molecular formula is C20H23ClFN3O2. The largest absolute Gasteiger partial charge is 0.339 e. The lowest BCUT2D eigenvalue weighted by atomic mass is 9.95. The fourth-order valence-electron chi connectivity index (χ4n) is 3.69. The van der Waals surface area contributed by atoms with Gasteiger partial charge in [-0.3, -0.25) is 14.5 Å². The van der Waals surface area contributed by atoms with Crippen molar-refractivity contribution in [1.29, 1.82) is 0 Å². The standard InChI is InChI=1S/C20H23ClFN3O2/c1-2-7-23-8-5-15(6-9-23)19(26)24-10-12-25(13-11-24)20(27)17-14-16(21)3-4-18(17)22/h1,3-4,14-15H,5-13H2. The molecule has 1 aromatic carbocycles. The molecule has 7 heteroatoms. The normalized spacial score (nSPS) is 19.0. The van der Waals surface area contributed by atoms with Crippen LogP contribution in [0.1, 0.15) is 23.2 Å². The molecule has 144 valence electrons. The van der Waals surface area contributed by atoms with Gasteiger partial charge in [-0.05, 0) is 44.1 Å². The Morgan fingerprint density at radius 3 is 2.37 bits per heavy atom. The van der Waals surface area contributed by atoms with E-state index in [0.717, 1.165) is 25.9 Å². The summed E-state index contributed by atoms with van der Waals surface area (Å²) in [4.78, 5) is 30.9. The van der Waals surface area contributed by atoms with Gasteiger partial charge < -0.3 is 9.80 Å². The number of hydrogen-bond donors (Lipinski definition) is 0. The van der Waals surface area contributed by atoms with Crippen LogP contribution in [0.4, 0.5) is 4.39 Å². The van der Waals surface area contributed by atoms with Crippen molar-refractivity contribution in [2.75, 3.05) is 45.8 Å². The van der Waals surface area contributed by atoms with Crippen molar-refractivity contribution >= 4 is 23.4 Å². The van der Waals surface area contributed by atoms with Crippen LogP contribution in [-0.4, -0.2) is 72.3 Å². The molecule has 5 nitrogen and oxygen atoms in total. The van der Waals surface area contributed by atoms with Gasteiger partial charge in [0, 0.05) is 37.1 Å². The average molecular weight is 392 g/mol. The Labute approximate surface area is 164 Å². The molecule has 3 rings (SSSR count). The molecule has 2 fully saturated rings. The van der Waals surface area contributed by atoms with Crippen LogP contribution in [0, 0.1) is 24.1 Å². The molecule has 0 aliphatic carbocycles. The van der Waals surface area contributed by atoms with Gasteiger partial charge >= 0.3 is 0 Å². The third kappa shape index (κ3) is 4.60. The van der Waals surface area contributed by atoms with E-state index in [-0.39, 0.29) is 23.3 Å². The predicted molar refractivity (Wildman–Crippen MR) is 102 cm³/mol. The van der Waals surface area contributed by atoms with E-state index in [4.69, 9.17) is 18.0 Å². The molecule has 2 amide bonds. The Bertz CT molecular complexity index is 748. The third-order valence-electron chi connectivity index (χ3n) is 5.29. The molecule has 0 N–H and O–H groups in total. The van der Waals surface area contributed by atoms with Gasteiger partial charge in [-0.2, -0.15) is 0 Å². The van der Waals surface area contributed by atoms with Gasteiger partial charge in [0.25, 0.3) is 5.91 Å². The number of piperazine rings is 1. The molecule has 2 aliphatic rings. The van der Waals surface area contributed by atoms with Gasteiger partial charge in [0.2, 0.25) is 5.91 Å². The van der Waals surface area contributed by atoms with E-state index in [1.165, 1.54) is 18.2 Å². The van der Waals surface area contributed by atoms with Crippen LogP contribution in [0.15, 0.2) is 18.2 Å². The molecule has 2 heterocycles. The van der Waals surface area contributed by atoms with Crippen molar-refractivity contribution in [1.82, 2.24) is 14.7 Å². The first-order chi connectivity index (χ1) is 13.0. The highest BCUT2D eigenvalue weighted by Gasteiger charge is 2.31. The summed E-state index contributed by atoms with van der Waals surface area (Å²) in [5.41, 5.74) is -0.0249. The first kappa shape index (κ1) is 19.7. The van der Waals surface area contributed by atoms with Crippen molar-refractivity contribution in [2.45, 2.75) is 12.8 Å². The first-order valence-electron chi connectivity index (χ1n) is 9.18. The third-order valence-corrected chi connectivity index (χ3v) is 5.52. The SMILES string of the molecule is C#CCN1CCC(C(=O)N2CCN(C(=O)c3cc(Cl)ccc3F)CC2)CC1. The summed E-state index contributed by atoms with van der Waals surface area (Å²) in [6.45, 7) is 4.04. The molecule has 0 saturated carbocycles. The number of carbonyl (C=O) groups is 2. The van der Waals surface area contributed by atoms with Gasteiger partial charge in [0.1, 0.15) is 5.82 Å². The van der Waals surface area contributed by atoms with Gasteiger partial charge in [-0.15, -0.1) is 6.42 Å². The smallest absolute Gasteiger partial charge is 0.257 e. The number of piperidine rings is 1. The molecule has 0 aromatic heterocycles. The monoisotopic (exact) mass is 391 g/mol. The van der Waals surface area contributed by atoms with Crippen molar-refractivity contribution in [2.24, 2.45) is 5.92 Å². The zero-order valence-electron chi connectivity index (χ0n) is 15.2. The van der Waals surface area contributed by atoms with E-state index in [1.807, 2.05) is 4.90 Å². The second kappa shape index (κ2) is 8.73. The Balaban J connectivity index is 1.53. The second-order valence-electron chi connectivity index (χ2n) is 7.00. The lowest BCUT2D eigenvalue weighted by Gasteiger charge is -2.38. The summed E-state index contributed by atoms with van der Waals surface area (Å²) in [7, 11) is 0. The van der Waals surface area contributed by atoms with Crippen molar-refractivity contribution in [3.63, 3.8) is 0 Å². The average Bonchev–Trinajstić information content (AvgIpc) is 2.70. The number of amides is 2. The van der Waals surface area contributed by atoms with Crippen LogP contribution >= 0.6 is 11.6 Å². The molecular weight excluding hydrogens is 369 g/mol. The fraction of sp³-hybridized carbons (Fsp3) is 0.500. The highest BCUT2D eigenvalue weighted by molar-refractivity contribution is 6.31. The maximum atomic E-state index is 13.9. The van der Waals surface area contributed by atoms with Crippen LogP contribution < -0.4 is 0 Å². The second-order valence-corrected chi connectivity index (χ2v) is 7.43. The molecule has 0 spiro atoms. The molecule has 2 aliphatic heterocycles. The van der Waals surface area contributed by atoms with Gasteiger partial charge in [0.05, 0.1) is 12.1 Å². The maximum Gasteiger partial charge on any atom is 0.257 e. The van der Waals surface area contributed by atoms with E-state index in [1.54, 1.807) is 4.90 Å². The quantitative estimate of drug-likeness (QED) is 0.741. The molecule has 0 atom stereocenters. The van der Waals surface area contributed by atoms with Crippen LogP contribution in [0.5, 0.6) is 0 Å². The van der Waals surface area contributed by atoms with E-state index in [0.29, 0.717) is 37.7 Å². The molecule has 1 aromatic rings. The Hall–Kier alpha value is -2.10. The Morgan fingerprint density at radius 2 is 1.74 bits per heavy atom. The summed E-state index contributed by atoms with van der Waals surface area (Å²) in [5.74, 6) is 1.84. The number of nitrogens with zero attached hydrogens (tertiary/aromatic N) is 3. The summed E-state index contributed by atoms with van der Waals surface area (Å²) in [6.07, 6.45) is 6.96. The van der Waals surface area contributed by atoms with Crippen LogP contribution in [-0.2, 0) is 4.79 Å². The molecule has 27 heavy (non-hydrogen) atoms. The van der Waals surface area contributed by atoms with Gasteiger partial charge in [0.15, 0.2) is 0 Å². The number of carbonyl (C=O) groups excluding carboxylic acids is 2. The molecule has 2 saturated heterocycles. The van der Waals surface area contributed by atoms with E-state index in [9.17, 15) is 14.0 Å². The van der Waals surface area contributed by atoms with Crippen molar-refractivity contribution < 1.29 is 14.0 Å². The number of halogens is 2. The topological polar surface area (TPSA) is 43.9 Å². The number of hydrogen-bond acceptors (Lipinski definition) is 3. The summed E-state index contributed by atoms with van der Waals surface area (Å²) in [6, 6.07) is 3.96. The lowest BCUT2D eigenvalue weighted by molar-refractivity contribution is -0.138. The van der Waals surface area contributed by atoms with E-state index >= 15 is 0 Å². The number of rotatable bonds is 3. The number of benzene rings is 1. The van der Waals surface area contributed by atoms with E-state index in [2.05, 4.69) is 10.8 Å². The molecule has 0 radical (unpaired) electrons. The minimum absolute atomic E-state index is 0.0200. The zero-order chi connectivity index (χ0) is 19.4. The fourth-order valence-corrected chi connectivity index (χ4v) is 3.86. The zero-order valence-corrected chi connectivity index (χ0v) is 15.9. The summed E-state index contributed by atoms with van der Waals surface area (Å²) in [5, 5.41) is 0.324. The lowest BCUT2D eigenvalue weighted by Crippen LogP contribution is -2.53. The first-order valence-corrected chi connectivity index (χ1v) is 9.56. The Morgan fingerprint density at radius 1 is 1.11 bits per heavy atom. The van der Waals surface area contributed by atoms with Crippen LogP contribution in [0.25, 0.3) is 0 Å². The van der Waals surface area contributed by atoms with Crippen LogP contribution in [0.3, 0.4) is 0 Å². The number of likely N-dealkylation sites (tertiary alicyclic amines) is 1. The molecule has 0 bridgehead atoms. The summed E-state index contributed by atoms with van der Waals surface area (Å²) >= 11 is 5.88.